The maximum Gasteiger partial charge on any atom is 0.418 e. The molecule has 1 saturated heterocycles. The Bertz CT molecular complexity index is 1370. The van der Waals surface area contributed by atoms with E-state index in [9.17, 15) is 22.8 Å². The minimum atomic E-state index is -4.54. The fraction of sp³-hybridized carbons (Fsp3) is 0.519. The van der Waals surface area contributed by atoms with Gasteiger partial charge in [-0.1, -0.05) is 19.1 Å². The summed E-state index contributed by atoms with van der Waals surface area (Å²) in [5.74, 6) is 0.293. The van der Waals surface area contributed by atoms with Crippen molar-refractivity contribution in [3.63, 3.8) is 0 Å². The smallest absolute Gasteiger partial charge is 0.418 e. The molecule has 1 aliphatic heterocycles. The lowest BCUT2D eigenvalue weighted by Gasteiger charge is -2.42. The molecule has 2 N–H and O–H groups in total. The average molecular weight is 550 g/mol. The van der Waals surface area contributed by atoms with Gasteiger partial charge in [0.1, 0.15) is 11.0 Å². The Kier molecular flexibility index (Phi) is 7.70. The van der Waals surface area contributed by atoms with Crippen LogP contribution in [0.5, 0.6) is 0 Å². The molecule has 1 aromatic carbocycles. The first kappa shape index (κ1) is 28.5. The zero-order valence-corrected chi connectivity index (χ0v) is 22.7. The van der Waals surface area contributed by atoms with Crippen LogP contribution in [0.1, 0.15) is 58.6 Å². The lowest BCUT2D eigenvalue weighted by molar-refractivity contribution is -0.215. The number of carbonyl (C=O) groups is 1. The van der Waals surface area contributed by atoms with Gasteiger partial charge in [-0.25, -0.2) is 4.79 Å². The number of carbonyl (C=O) groups excluding carboxylic acids is 1. The Morgan fingerprint density at radius 2 is 1.79 bits per heavy atom. The van der Waals surface area contributed by atoms with E-state index in [1.54, 1.807) is 17.2 Å². The number of aromatic nitrogens is 3. The molecule has 3 aromatic rings. The maximum atomic E-state index is 13.2. The number of piperidine rings is 1. The minimum absolute atomic E-state index is 0.0366. The van der Waals surface area contributed by atoms with Gasteiger partial charge in [-0.15, -0.1) is 0 Å². The second kappa shape index (κ2) is 10.6. The molecule has 3 heterocycles. The van der Waals surface area contributed by atoms with E-state index < -0.39 is 23.4 Å². The fourth-order valence-corrected chi connectivity index (χ4v) is 5.01. The number of pyridine rings is 1. The van der Waals surface area contributed by atoms with Crippen molar-refractivity contribution < 1.29 is 27.4 Å². The second-order valence-corrected chi connectivity index (χ2v) is 10.8. The number of hydrogen-bond donors (Lipinski definition) is 2. The molecule has 39 heavy (non-hydrogen) atoms. The molecule has 0 radical (unpaired) electrons. The number of amides is 1. The van der Waals surface area contributed by atoms with E-state index in [1.807, 2.05) is 32.4 Å². The molecule has 0 spiro atoms. The van der Waals surface area contributed by atoms with Gasteiger partial charge in [0.05, 0.1) is 11.1 Å². The van der Waals surface area contributed by atoms with Crippen LogP contribution in [-0.2, 0) is 15.0 Å². The predicted molar refractivity (Wildman–Crippen MR) is 141 cm³/mol. The highest BCUT2D eigenvalue weighted by atomic mass is 19.4. The van der Waals surface area contributed by atoms with E-state index in [2.05, 4.69) is 15.0 Å². The molecule has 12 heteroatoms. The predicted octanol–water partition coefficient (Wildman–Crippen LogP) is 5.85. The standard InChI is InChI=1S/C27H34F3N5O4/c1-6-26(12-15-34(16-13-26)24(37)39-25(2,3)4)35-19-11-14-31-23(36)20(19)22(33-35)32-18-9-7-17(8-10-18)21(38-5)27(28,29)30/h7-11,14,21H,6,12-13,15-16H2,1-5H3,(H,31,36)(H,32,33). The van der Waals surface area contributed by atoms with Crippen LogP contribution < -0.4 is 10.9 Å². The number of rotatable bonds is 6. The molecule has 1 fully saturated rings. The molecule has 0 saturated carbocycles. The summed E-state index contributed by atoms with van der Waals surface area (Å²) in [7, 11) is 1.01. The molecule has 1 atom stereocenters. The molecule has 1 unspecified atom stereocenters. The third kappa shape index (κ3) is 5.90. The van der Waals surface area contributed by atoms with Crippen molar-refractivity contribution in [2.45, 2.75) is 70.4 Å². The van der Waals surface area contributed by atoms with Crippen LogP contribution in [0.4, 0.5) is 29.5 Å². The number of nitrogens with one attached hydrogen (secondary N) is 2. The van der Waals surface area contributed by atoms with Crippen LogP contribution >= 0.6 is 0 Å². The molecule has 2 aromatic heterocycles. The van der Waals surface area contributed by atoms with Crippen molar-refractivity contribution in [3.05, 3.63) is 52.4 Å². The number of aromatic amines is 1. The fourth-order valence-electron chi connectivity index (χ4n) is 5.01. The van der Waals surface area contributed by atoms with E-state index >= 15 is 0 Å². The van der Waals surface area contributed by atoms with Gasteiger partial charge in [-0.05, 0) is 63.8 Å². The lowest BCUT2D eigenvalue weighted by atomic mass is 9.85. The third-order valence-electron chi connectivity index (χ3n) is 7.07. The number of benzene rings is 1. The molecule has 0 aliphatic carbocycles. The Morgan fingerprint density at radius 1 is 1.15 bits per heavy atom. The quantitative estimate of drug-likeness (QED) is 0.400. The van der Waals surface area contributed by atoms with Gasteiger partial charge >= 0.3 is 12.3 Å². The van der Waals surface area contributed by atoms with Gasteiger partial charge in [0.15, 0.2) is 11.9 Å². The summed E-state index contributed by atoms with van der Waals surface area (Å²) in [6.45, 7) is 8.46. The number of alkyl halides is 3. The zero-order chi connectivity index (χ0) is 28.6. The minimum Gasteiger partial charge on any atom is -0.444 e. The number of ether oxygens (including phenoxy) is 2. The summed E-state index contributed by atoms with van der Waals surface area (Å²) in [4.78, 5) is 29.9. The van der Waals surface area contributed by atoms with Gasteiger partial charge in [-0.2, -0.15) is 18.3 Å². The summed E-state index contributed by atoms with van der Waals surface area (Å²) >= 11 is 0. The SMILES string of the molecule is CCC1(n2nc(Nc3ccc(C(OC)C(F)(F)F)cc3)c3c(=O)[nH]ccc32)CCN(C(=O)OC(C)(C)C)CC1. The molecule has 1 amide bonds. The van der Waals surface area contributed by atoms with Crippen LogP contribution in [0.2, 0.25) is 0 Å². The van der Waals surface area contributed by atoms with Crippen molar-refractivity contribution in [1.29, 1.82) is 0 Å². The van der Waals surface area contributed by atoms with E-state index in [0.717, 1.165) is 7.11 Å². The Balaban J connectivity index is 1.64. The summed E-state index contributed by atoms with van der Waals surface area (Å²) in [6, 6.07) is 7.41. The van der Waals surface area contributed by atoms with E-state index in [1.165, 1.54) is 24.3 Å². The second-order valence-electron chi connectivity index (χ2n) is 10.8. The van der Waals surface area contributed by atoms with Crippen molar-refractivity contribution in [3.8, 4) is 0 Å². The van der Waals surface area contributed by atoms with Gasteiger partial charge in [0.25, 0.3) is 5.56 Å². The lowest BCUT2D eigenvalue weighted by Crippen LogP contribution is -2.49. The van der Waals surface area contributed by atoms with Crippen molar-refractivity contribution in [2.24, 2.45) is 0 Å². The Labute approximate surface area is 224 Å². The van der Waals surface area contributed by atoms with Gasteiger partial charge in [0.2, 0.25) is 0 Å². The van der Waals surface area contributed by atoms with Crippen molar-refractivity contribution in [2.75, 3.05) is 25.5 Å². The van der Waals surface area contributed by atoms with Gasteiger partial charge in [-0.3, -0.25) is 9.48 Å². The number of anilines is 2. The number of fused-ring (bicyclic) bond motifs is 1. The number of halogens is 3. The van der Waals surface area contributed by atoms with Crippen LogP contribution in [0, 0.1) is 0 Å². The van der Waals surface area contributed by atoms with Crippen LogP contribution in [-0.4, -0.2) is 57.7 Å². The highest BCUT2D eigenvalue weighted by Crippen LogP contribution is 2.39. The maximum absolute atomic E-state index is 13.2. The van der Waals surface area contributed by atoms with Crippen LogP contribution in [0.25, 0.3) is 10.9 Å². The molecule has 1 aliphatic rings. The zero-order valence-electron chi connectivity index (χ0n) is 22.7. The van der Waals surface area contributed by atoms with Gasteiger partial charge < -0.3 is 24.7 Å². The molecule has 4 rings (SSSR count). The molecule has 212 valence electrons. The number of likely N-dealkylation sites (tertiary alicyclic amines) is 1. The third-order valence-corrected chi connectivity index (χ3v) is 7.07. The number of hydrogen-bond acceptors (Lipinski definition) is 6. The van der Waals surface area contributed by atoms with Crippen molar-refractivity contribution >= 4 is 28.5 Å². The van der Waals surface area contributed by atoms with Gasteiger partial charge in [0, 0.05) is 32.1 Å². The van der Waals surface area contributed by atoms with Crippen LogP contribution in [0.3, 0.4) is 0 Å². The first-order chi connectivity index (χ1) is 18.3. The molecule has 9 nitrogen and oxygen atoms in total. The van der Waals surface area contributed by atoms with E-state index in [-0.39, 0.29) is 17.2 Å². The van der Waals surface area contributed by atoms with E-state index in [4.69, 9.17) is 9.84 Å². The summed E-state index contributed by atoms with van der Waals surface area (Å²) in [5.41, 5.74) is -0.326. The first-order valence-electron chi connectivity index (χ1n) is 12.8. The summed E-state index contributed by atoms with van der Waals surface area (Å²) in [5, 5.41) is 8.25. The largest absolute Gasteiger partial charge is 0.444 e. The molecular formula is C27H34F3N5O4. The normalized spacial score (nSPS) is 16.8. The topological polar surface area (TPSA) is 101 Å². The van der Waals surface area contributed by atoms with E-state index in [0.29, 0.717) is 54.8 Å². The Morgan fingerprint density at radius 3 is 2.33 bits per heavy atom. The number of nitrogens with zero attached hydrogens (tertiary/aromatic N) is 3. The summed E-state index contributed by atoms with van der Waals surface area (Å²) in [6.07, 6.45) is -3.45. The number of methoxy groups -OCH3 is 1. The monoisotopic (exact) mass is 549 g/mol. The van der Waals surface area contributed by atoms with Crippen LogP contribution in [0.15, 0.2) is 41.3 Å². The number of H-pyrrole nitrogens is 1. The highest BCUT2D eigenvalue weighted by Gasteiger charge is 2.41. The molecular weight excluding hydrogens is 515 g/mol. The van der Waals surface area contributed by atoms with Crippen molar-refractivity contribution in [1.82, 2.24) is 19.7 Å². The molecule has 0 bridgehead atoms. The first-order valence-corrected chi connectivity index (χ1v) is 12.8. The summed E-state index contributed by atoms with van der Waals surface area (Å²) < 4.78 is 51.7. The average Bonchev–Trinajstić information content (AvgIpc) is 3.24. The Hall–Kier alpha value is -3.54. The highest BCUT2D eigenvalue weighted by molar-refractivity contribution is 5.91.